The molecule has 0 amide bonds. The van der Waals surface area contributed by atoms with Crippen LogP contribution in [0, 0.1) is 0 Å². The molecule has 0 spiro atoms. The molecule has 2 heteroatoms. The van der Waals surface area contributed by atoms with E-state index in [9.17, 15) is 0 Å². The molecular formula is C40H28N2. The molecule has 2 nitrogen and oxygen atoms in total. The van der Waals surface area contributed by atoms with Crippen LogP contribution in [0.25, 0.3) is 67.0 Å². The van der Waals surface area contributed by atoms with Crippen molar-refractivity contribution in [3.8, 4) is 67.0 Å². The Hall–Kier alpha value is -5.60. The third kappa shape index (κ3) is 5.39. The third-order valence-electron chi connectivity index (χ3n) is 7.54. The van der Waals surface area contributed by atoms with Crippen molar-refractivity contribution in [1.82, 2.24) is 9.97 Å². The van der Waals surface area contributed by atoms with Gasteiger partial charge in [-0.3, -0.25) is 9.97 Å². The number of benzene rings is 5. The molecule has 7 rings (SSSR count). The molecule has 0 aliphatic rings. The highest BCUT2D eigenvalue weighted by molar-refractivity contribution is 5.85. The van der Waals surface area contributed by atoms with Crippen LogP contribution in [0.4, 0.5) is 0 Å². The number of hydrogen-bond donors (Lipinski definition) is 0. The molecule has 2 heterocycles. The third-order valence-corrected chi connectivity index (χ3v) is 7.54. The van der Waals surface area contributed by atoms with Crippen LogP contribution in [-0.2, 0) is 0 Å². The molecule has 0 saturated carbocycles. The van der Waals surface area contributed by atoms with E-state index in [1.54, 1.807) is 0 Å². The summed E-state index contributed by atoms with van der Waals surface area (Å²) in [6.45, 7) is 0. The molecule has 0 atom stereocenters. The van der Waals surface area contributed by atoms with Gasteiger partial charge in [0.25, 0.3) is 0 Å². The van der Waals surface area contributed by atoms with Crippen molar-refractivity contribution >= 4 is 0 Å². The molecule has 0 bridgehead atoms. The minimum atomic E-state index is 0.927. The lowest BCUT2D eigenvalue weighted by molar-refractivity contribution is 1.31. The van der Waals surface area contributed by atoms with Crippen LogP contribution in [0.3, 0.4) is 0 Å². The second-order valence-corrected chi connectivity index (χ2v) is 10.3. The maximum Gasteiger partial charge on any atom is 0.0702 e. The Balaban J connectivity index is 1.39. The highest BCUT2D eigenvalue weighted by Crippen LogP contribution is 2.37. The summed E-state index contributed by atoms with van der Waals surface area (Å²) in [5.41, 5.74) is 13.2. The van der Waals surface area contributed by atoms with E-state index in [1.807, 2.05) is 30.6 Å². The van der Waals surface area contributed by atoms with Crippen molar-refractivity contribution < 1.29 is 0 Å². The highest BCUT2D eigenvalue weighted by atomic mass is 14.7. The van der Waals surface area contributed by atoms with E-state index in [0.717, 1.165) is 44.8 Å². The summed E-state index contributed by atoms with van der Waals surface area (Å²) in [6, 6.07) is 55.4. The summed E-state index contributed by atoms with van der Waals surface area (Å²) in [4.78, 5) is 9.59. The van der Waals surface area contributed by atoms with Crippen LogP contribution >= 0.6 is 0 Å². The van der Waals surface area contributed by atoms with Gasteiger partial charge in [0.05, 0.1) is 11.4 Å². The Labute approximate surface area is 246 Å². The molecule has 0 fully saturated rings. The molecule has 2 aromatic heterocycles. The van der Waals surface area contributed by atoms with Crippen molar-refractivity contribution in [2.24, 2.45) is 0 Å². The predicted octanol–water partition coefficient (Wildman–Crippen LogP) is 10.5. The van der Waals surface area contributed by atoms with E-state index in [1.165, 1.54) is 22.3 Å². The van der Waals surface area contributed by atoms with Crippen LogP contribution in [0.5, 0.6) is 0 Å². The molecule has 7 aromatic rings. The van der Waals surface area contributed by atoms with Crippen LogP contribution in [0.2, 0.25) is 0 Å². The summed E-state index contributed by atoms with van der Waals surface area (Å²) in [7, 11) is 0. The predicted molar refractivity (Wildman–Crippen MR) is 175 cm³/mol. The summed E-state index contributed by atoms with van der Waals surface area (Å²) >= 11 is 0. The topological polar surface area (TPSA) is 25.8 Å². The van der Waals surface area contributed by atoms with Gasteiger partial charge >= 0.3 is 0 Å². The van der Waals surface area contributed by atoms with Crippen molar-refractivity contribution in [2.45, 2.75) is 0 Å². The molecule has 0 radical (unpaired) electrons. The summed E-state index contributed by atoms with van der Waals surface area (Å²) in [5, 5.41) is 0. The molecule has 42 heavy (non-hydrogen) atoms. The zero-order chi connectivity index (χ0) is 28.1. The SMILES string of the molecule is c1ccc(-c2ccc(-c3cc(-c4cc(-c5ccccc5)cc(-c5ccccc5)c4)cc(-c4ccccn4)c3)nc2)cc1. The van der Waals surface area contributed by atoms with Gasteiger partial charge in [-0.2, -0.15) is 0 Å². The lowest BCUT2D eigenvalue weighted by Gasteiger charge is -2.14. The Bertz CT molecular complexity index is 1870. The smallest absolute Gasteiger partial charge is 0.0702 e. The first-order valence-electron chi connectivity index (χ1n) is 14.1. The Morgan fingerprint density at radius 3 is 1.12 bits per heavy atom. The van der Waals surface area contributed by atoms with Crippen LogP contribution in [-0.4, -0.2) is 9.97 Å². The zero-order valence-corrected chi connectivity index (χ0v) is 23.1. The standard InChI is InChI=1S/C40H28N2/c1-4-12-29(13-5-1)32-19-20-40(42-28-32)38-26-36(25-37(27-38)39-18-10-11-21-41-39)35-23-33(30-14-6-2-7-15-30)22-34(24-35)31-16-8-3-9-17-31/h1-28H. The fraction of sp³-hybridized carbons (Fsp3) is 0. The van der Waals surface area contributed by atoms with Gasteiger partial charge in [-0.15, -0.1) is 0 Å². The lowest BCUT2D eigenvalue weighted by Crippen LogP contribution is -1.91. The highest BCUT2D eigenvalue weighted by Gasteiger charge is 2.12. The van der Waals surface area contributed by atoms with Gasteiger partial charge in [0, 0.05) is 29.1 Å². The largest absolute Gasteiger partial charge is 0.256 e. The Kier molecular flexibility index (Phi) is 6.94. The van der Waals surface area contributed by atoms with Gasteiger partial charge in [-0.25, -0.2) is 0 Å². The van der Waals surface area contributed by atoms with Crippen molar-refractivity contribution in [2.75, 3.05) is 0 Å². The number of rotatable bonds is 6. The van der Waals surface area contributed by atoms with Gasteiger partial charge in [-0.1, -0.05) is 103 Å². The van der Waals surface area contributed by atoms with E-state index < -0.39 is 0 Å². The van der Waals surface area contributed by atoms with Gasteiger partial charge in [-0.05, 0) is 93.5 Å². The van der Waals surface area contributed by atoms with E-state index >= 15 is 0 Å². The summed E-state index contributed by atoms with van der Waals surface area (Å²) in [6.07, 6.45) is 3.80. The first-order valence-corrected chi connectivity index (χ1v) is 14.1. The number of hydrogen-bond acceptors (Lipinski definition) is 2. The molecule has 0 aliphatic heterocycles. The number of aromatic nitrogens is 2. The Morgan fingerprint density at radius 2 is 0.667 bits per heavy atom. The molecule has 0 N–H and O–H groups in total. The van der Waals surface area contributed by atoms with E-state index in [2.05, 4.69) is 145 Å². The van der Waals surface area contributed by atoms with Crippen molar-refractivity contribution in [3.05, 3.63) is 170 Å². The number of nitrogens with zero attached hydrogens (tertiary/aromatic N) is 2. The first-order chi connectivity index (χ1) is 20.8. The van der Waals surface area contributed by atoms with E-state index in [-0.39, 0.29) is 0 Å². The van der Waals surface area contributed by atoms with Crippen LogP contribution in [0.15, 0.2) is 170 Å². The van der Waals surface area contributed by atoms with Gasteiger partial charge in [0.2, 0.25) is 0 Å². The minimum absolute atomic E-state index is 0.927. The average Bonchev–Trinajstić information content (AvgIpc) is 3.09. The van der Waals surface area contributed by atoms with Crippen molar-refractivity contribution in [1.29, 1.82) is 0 Å². The number of pyridine rings is 2. The van der Waals surface area contributed by atoms with Crippen LogP contribution in [0.1, 0.15) is 0 Å². The fourth-order valence-electron chi connectivity index (χ4n) is 5.38. The molecule has 0 unspecified atom stereocenters. The maximum atomic E-state index is 4.90. The van der Waals surface area contributed by atoms with Crippen LogP contribution < -0.4 is 0 Å². The second kappa shape index (κ2) is 11.5. The quantitative estimate of drug-likeness (QED) is 0.211. The van der Waals surface area contributed by atoms with Gasteiger partial charge in [0.15, 0.2) is 0 Å². The normalized spacial score (nSPS) is 10.9. The molecule has 198 valence electrons. The molecular weight excluding hydrogens is 508 g/mol. The zero-order valence-electron chi connectivity index (χ0n) is 23.1. The maximum absolute atomic E-state index is 4.90. The average molecular weight is 537 g/mol. The monoisotopic (exact) mass is 536 g/mol. The fourth-order valence-corrected chi connectivity index (χ4v) is 5.38. The van der Waals surface area contributed by atoms with Gasteiger partial charge < -0.3 is 0 Å². The molecule has 5 aromatic carbocycles. The second-order valence-electron chi connectivity index (χ2n) is 10.3. The summed E-state index contributed by atoms with van der Waals surface area (Å²) < 4.78 is 0. The van der Waals surface area contributed by atoms with Gasteiger partial charge in [0.1, 0.15) is 0 Å². The minimum Gasteiger partial charge on any atom is -0.256 e. The summed E-state index contributed by atoms with van der Waals surface area (Å²) in [5.74, 6) is 0. The lowest BCUT2D eigenvalue weighted by atomic mass is 9.91. The Morgan fingerprint density at radius 1 is 0.262 bits per heavy atom. The molecule has 0 aliphatic carbocycles. The van der Waals surface area contributed by atoms with E-state index in [0.29, 0.717) is 0 Å². The first kappa shape index (κ1) is 25.4. The van der Waals surface area contributed by atoms with Crippen molar-refractivity contribution in [3.63, 3.8) is 0 Å². The molecule has 0 saturated heterocycles. The van der Waals surface area contributed by atoms with E-state index in [4.69, 9.17) is 4.98 Å².